The van der Waals surface area contributed by atoms with E-state index < -0.39 is 0 Å². The van der Waals surface area contributed by atoms with Crippen LogP contribution in [0.4, 0.5) is 0 Å². The maximum absolute atomic E-state index is 5.66. The molecule has 98 valence electrons. The number of imidazole rings is 1. The molecule has 5 nitrogen and oxygen atoms in total. The first-order valence-electron chi connectivity index (χ1n) is 6.43. The number of aromatic amines is 1. The number of H-pyrrole nitrogens is 1. The smallest absolute Gasteiger partial charge is 0.141 e. The summed E-state index contributed by atoms with van der Waals surface area (Å²) in [5.41, 5.74) is 10.9. The fraction of sp³-hybridized carbons (Fsp3) is 0.286. The van der Waals surface area contributed by atoms with Crippen molar-refractivity contribution in [3.63, 3.8) is 0 Å². The predicted molar refractivity (Wildman–Crippen MR) is 75.6 cm³/mol. The molecule has 0 aliphatic carbocycles. The SMILES string of the molecule is CCc1nn(C)cc1-c1nc2ccc(CN)cc2[nH]1. The quantitative estimate of drug-likeness (QED) is 0.751. The average Bonchev–Trinajstić information content (AvgIpc) is 3.00. The number of fused-ring (bicyclic) bond motifs is 1. The van der Waals surface area contributed by atoms with Gasteiger partial charge in [-0.1, -0.05) is 13.0 Å². The summed E-state index contributed by atoms with van der Waals surface area (Å²) in [6.07, 6.45) is 2.89. The fourth-order valence-electron chi connectivity index (χ4n) is 2.30. The number of rotatable bonds is 3. The lowest BCUT2D eigenvalue weighted by molar-refractivity contribution is 0.746. The molecule has 0 saturated heterocycles. The molecule has 0 atom stereocenters. The molecular weight excluding hydrogens is 238 g/mol. The highest BCUT2D eigenvalue weighted by Gasteiger charge is 2.12. The second kappa shape index (κ2) is 4.51. The van der Waals surface area contributed by atoms with E-state index in [-0.39, 0.29) is 0 Å². The van der Waals surface area contributed by atoms with Gasteiger partial charge in [-0.2, -0.15) is 5.10 Å². The molecule has 0 amide bonds. The summed E-state index contributed by atoms with van der Waals surface area (Å²) in [7, 11) is 1.93. The van der Waals surface area contributed by atoms with Crippen LogP contribution in [0.25, 0.3) is 22.4 Å². The zero-order chi connectivity index (χ0) is 13.4. The van der Waals surface area contributed by atoms with Gasteiger partial charge in [-0.05, 0) is 24.1 Å². The van der Waals surface area contributed by atoms with E-state index in [0.717, 1.165) is 40.1 Å². The van der Waals surface area contributed by atoms with Gasteiger partial charge in [0.05, 0.1) is 22.3 Å². The molecule has 1 aromatic carbocycles. The van der Waals surface area contributed by atoms with Gasteiger partial charge in [0.2, 0.25) is 0 Å². The number of nitrogens with two attached hydrogens (primary N) is 1. The topological polar surface area (TPSA) is 72.5 Å². The van der Waals surface area contributed by atoms with Crippen LogP contribution in [0.1, 0.15) is 18.2 Å². The van der Waals surface area contributed by atoms with Gasteiger partial charge in [0.25, 0.3) is 0 Å². The van der Waals surface area contributed by atoms with E-state index in [4.69, 9.17) is 5.73 Å². The Balaban J connectivity index is 2.14. The number of nitrogens with one attached hydrogen (secondary N) is 1. The van der Waals surface area contributed by atoms with Crippen LogP contribution in [0.15, 0.2) is 24.4 Å². The molecular formula is C14H17N5. The highest BCUT2D eigenvalue weighted by atomic mass is 15.3. The standard InChI is InChI=1S/C14H17N5/c1-3-11-10(8-19(2)18-11)14-16-12-5-4-9(7-15)6-13(12)17-14/h4-6,8H,3,7,15H2,1-2H3,(H,16,17). The minimum Gasteiger partial charge on any atom is -0.338 e. The van der Waals surface area contributed by atoms with Crippen molar-refractivity contribution in [2.45, 2.75) is 19.9 Å². The number of benzene rings is 1. The zero-order valence-corrected chi connectivity index (χ0v) is 11.1. The first-order chi connectivity index (χ1) is 9.21. The molecule has 0 unspecified atom stereocenters. The van der Waals surface area contributed by atoms with Crippen LogP contribution in [0.3, 0.4) is 0 Å². The van der Waals surface area contributed by atoms with E-state index in [9.17, 15) is 0 Å². The highest BCUT2D eigenvalue weighted by Crippen LogP contribution is 2.24. The Hall–Kier alpha value is -2.14. The van der Waals surface area contributed by atoms with Crippen LogP contribution in [0.2, 0.25) is 0 Å². The lowest BCUT2D eigenvalue weighted by Gasteiger charge is -1.94. The Morgan fingerprint density at radius 2 is 2.21 bits per heavy atom. The fourth-order valence-corrected chi connectivity index (χ4v) is 2.30. The first kappa shape index (κ1) is 11.9. The van der Waals surface area contributed by atoms with Crippen LogP contribution in [0, 0.1) is 0 Å². The van der Waals surface area contributed by atoms with Crippen LogP contribution in [-0.4, -0.2) is 19.7 Å². The molecule has 2 heterocycles. The van der Waals surface area contributed by atoms with Gasteiger partial charge in [-0.15, -0.1) is 0 Å². The van der Waals surface area contributed by atoms with Crippen LogP contribution >= 0.6 is 0 Å². The molecule has 5 heteroatoms. The molecule has 19 heavy (non-hydrogen) atoms. The average molecular weight is 255 g/mol. The second-order valence-electron chi connectivity index (χ2n) is 4.66. The van der Waals surface area contributed by atoms with E-state index >= 15 is 0 Å². The Labute approximate surface area is 111 Å². The van der Waals surface area contributed by atoms with Crippen molar-refractivity contribution >= 4 is 11.0 Å². The Morgan fingerprint density at radius 1 is 1.37 bits per heavy atom. The molecule has 0 aliphatic rings. The van der Waals surface area contributed by atoms with Gasteiger partial charge in [-0.25, -0.2) is 4.98 Å². The zero-order valence-electron chi connectivity index (χ0n) is 11.1. The van der Waals surface area contributed by atoms with Gasteiger partial charge in [0.1, 0.15) is 5.82 Å². The second-order valence-corrected chi connectivity index (χ2v) is 4.66. The van der Waals surface area contributed by atoms with Gasteiger partial charge >= 0.3 is 0 Å². The van der Waals surface area contributed by atoms with Crippen molar-refractivity contribution < 1.29 is 0 Å². The Morgan fingerprint density at radius 3 is 2.95 bits per heavy atom. The monoisotopic (exact) mass is 255 g/mol. The third-order valence-corrected chi connectivity index (χ3v) is 3.28. The summed E-state index contributed by atoms with van der Waals surface area (Å²) in [6.45, 7) is 2.64. The van der Waals surface area contributed by atoms with Gasteiger partial charge in [0, 0.05) is 19.8 Å². The molecule has 0 bridgehead atoms. The number of hydrogen-bond donors (Lipinski definition) is 2. The van der Waals surface area contributed by atoms with E-state index in [1.54, 1.807) is 0 Å². The summed E-state index contributed by atoms with van der Waals surface area (Å²) in [5.74, 6) is 0.870. The summed E-state index contributed by atoms with van der Waals surface area (Å²) >= 11 is 0. The van der Waals surface area contributed by atoms with Crippen molar-refractivity contribution in [3.05, 3.63) is 35.7 Å². The molecule has 3 aromatic rings. The molecule has 0 saturated carbocycles. The molecule has 3 N–H and O–H groups in total. The van der Waals surface area contributed by atoms with E-state index in [2.05, 4.69) is 22.0 Å². The third-order valence-electron chi connectivity index (χ3n) is 3.28. The number of nitrogens with zero attached hydrogens (tertiary/aromatic N) is 3. The van der Waals surface area contributed by atoms with Crippen molar-refractivity contribution in [1.29, 1.82) is 0 Å². The number of aryl methyl sites for hydroxylation is 2. The summed E-state index contributed by atoms with van der Waals surface area (Å²) in [6, 6.07) is 6.06. The van der Waals surface area contributed by atoms with Crippen molar-refractivity contribution in [1.82, 2.24) is 19.7 Å². The molecule has 0 aliphatic heterocycles. The van der Waals surface area contributed by atoms with E-state index in [0.29, 0.717) is 6.54 Å². The Bertz CT molecular complexity index is 723. The van der Waals surface area contributed by atoms with E-state index in [1.165, 1.54) is 0 Å². The summed E-state index contributed by atoms with van der Waals surface area (Å²) in [5, 5.41) is 4.45. The lowest BCUT2D eigenvalue weighted by atomic mass is 10.2. The van der Waals surface area contributed by atoms with Crippen molar-refractivity contribution in [3.8, 4) is 11.4 Å². The van der Waals surface area contributed by atoms with E-state index in [1.807, 2.05) is 36.1 Å². The minimum absolute atomic E-state index is 0.539. The van der Waals surface area contributed by atoms with Crippen molar-refractivity contribution in [2.24, 2.45) is 12.8 Å². The third kappa shape index (κ3) is 2.02. The molecule has 3 rings (SSSR count). The maximum atomic E-state index is 5.66. The molecule has 2 aromatic heterocycles. The molecule has 0 radical (unpaired) electrons. The first-order valence-corrected chi connectivity index (χ1v) is 6.43. The number of hydrogen-bond acceptors (Lipinski definition) is 3. The highest BCUT2D eigenvalue weighted by molar-refractivity contribution is 5.80. The lowest BCUT2D eigenvalue weighted by Crippen LogP contribution is -1.95. The van der Waals surface area contributed by atoms with Gasteiger partial charge in [-0.3, -0.25) is 4.68 Å². The van der Waals surface area contributed by atoms with Crippen molar-refractivity contribution in [2.75, 3.05) is 0 Å². The normalized spacial score (nSPS) is 11.3. The van der Waals surface area contributed by atoms with Gasteiger partial charge in [0.15, 0.2) is 0 Å². The van der Waals surface area contributed by atoms with Crippen LogP contribution in [-0.2, 0) is 20.0 Å². The maximum Gasteiger partial charge on any atom is 0.141 e. The minimum atomic E-state index is 0.539. The van der Waals surface area contributed by atoms with Crippen LogP contribution < -0.4 is 5.73 Å². The van der Waals surface area contributed by atoms with Crippen LogP contribution in [0.5, 0.6) is 0 Å². The Kier molecular flexibility index (Phi) is 2.83. The number of aromatic nitrogens is 4. The molecule has 0 fully saturated rings. The predicted octanol–water partition coefficient (Wildman–Crippen LogP) is 1.98. The molecule has 0 spiro atoms. The summed E-state index contributed by atoms with van der Waals surface area (Å²) < 4.78 is 1.83. The van der Waals surface area contributed by atoms with Gasteiger partial charge < -0.3 is 10.7 Å². The summed E-state index contributed by atoms with van der Waals surface area (Å²) in [4.78, 5) is 7.99. The largest absolute Gasteiger partial charge is 0.338 e.